The molecule has 30 heavy (non-hydrogen) atoms. The van der Waals surface area contributed by atoms with E-state index in [-0.39, 0.29) is 17.9 Å². The fraction of sp³-hybridized carbons (Fsp3) is 0.360. The first kappa shape index (κ1) is 20.4. The summed E-state index contributed by atoms with van der Waals surface area (Å²) in [6.07, 6.45) is 2.41. The Kier molecular flexibility index (Phi) is 5.73. The lowest BCUT2D eigenvalue weighted by Gasteiger charge is -2.41. The number of pyridine rings is 1. The molecule has 1 fully saturated rings. The first-order valence-corrected chi connectivity index (χ1v) is 10.4. The normalized spacial score (nSPS) is 15.9. The molecule has 156 valence electrons. The Morgan fingerprint density at radius 1 is 1.13 bits per heavy atom. The van der Waals surface area contributed by atoms with E-state index in [4.69, 9.17) is 4.74 Å². The quantitative estimate of drug-likeness (QED) is 0.698. The average molecular weight is 405 g/mol. The zero-order chi connectivity index (χ0) is 21.1. The van der Waals surface area contributed by atoms with Crippen LogP contribution in [0, 0.1) is 12.3 Å². The van der Waals surface area contributed by atoms with Crippen molar-refractivity contribution in [1.82, 2.24) is 9.88 Å². The smallest absolute Gasteiger partial charge is 0.254 e. The highest BCUT2D eigenvalue weighted by molar-refractivity contribution is 6.06. The number of aliphatic hydroxyl groups excluding tert-OH is 1. The molecule has 1 N–H and O–H groups in total. The van der Waals surface area contributed by atoms with Crippen molar-refractivity contribution in [2.75, 3.05) is 26.8 Å². The van der Waals surface area contributed by atoms with Gasteiger partial charge in [0.15, 0.2) is 0 Å². The van der Waals surface area contributed by atoms with Gasteiger partial charge in [-0.3, -0.25) is 9.78 Å². The number of benzene rings is 2. The Hall–Kier alpha value is -2.92. The third kappa shape index (κ3) is 4.03. The standard InChI is InChI=1S/C25H28N2O3/c1-18-14-22(21-15-20(30-2)8-9-23(21)26-18)24(29)27-12-10-25(17-28,11-13-27)16-19-6-4-3-5-7-19/h3-9,14-15,28H,10-13,16-17H2,1-2H3. The van der Waals surface area contributed by atoms with Crippen LogP contribution in [-0.4, -0.2) is 47.7 Å². The summed E-state index contributed by atoms with van der Waals surface area (Å²) >= 11 is 0. The number of aryl methyl sites for hydroxylation is 1. The Morgan fingerprint density at radius 2 is 1.87 bits per heavy atom. The van der Waals surface area contributed by atoms with E-state index >= 15 is 0 Å². The molecule has 0 bridgehead atoms. The number of hydrogen-bond acceptors (Lipinski definition) is 4. The molecule has 5 heteroatoms. The molecule has 0 aliphatic carbocycles. The summed E-state index contributed by atoms with van der Waals surface area (Å²) in [6, 6.07) is 17.8. The van der Waals surface area contributed by atoms with E-state index in [1.807, 2.05) is 54.3 Å². The van der Waals surface area contributed by atoms with Crippen LogP contribution in [0.4, 0.5) is 0 Å². The van der Waals surface area contributed by atoms with E-state index in [1.165, 1.54) is 5.56 Å². The van der Waals surface area contributed by atoms with Crippen LogP contribution in [0.1, 0.15) is 34.5 Å². The number of amides is 1. The number of carbonyl (C=O) groups is 1. The number of aromatic nitrogens is 1. The van der Waals surface area contributed by atoms with Crippen LogP contribution in [0.2, 0.25) is 0 Å². The van der Waals surface area contributed by atoms with Gasteiger partial charge < -0.3 is 14.7 Å². The summed E-state index contributed by atoms with van der Waals surface area (Å²) in [5, 5.41) is 11.0. The number of fused-ring (bicyclic) bond motifs is 1. The average Bonchev–Trinajstić information content (AvgIpc) is 2.79. The molecule has 4 rings (SSSR count). The lowest BCUT2D eigenvalue weighted by Crippen LogP contribution is -2.45. The van der Waals surface area contributed by atoms with Crippen LogP contribution in [0.25, 0.3) is 10.9 Å². The maximum atomic E-state index is 13.4. The first-order valence-electron chi connectivity index (χ1n) is 10.4. The number of carbonyl (C=O) groups excluding carboxylic acids is 1. The Bertz CT molecular complexity index is 1040. The van der Waals surface area contributed by atoms with Crippen LogP contribution in [0.15, 0.2) is 54.6 Å². The van der Waals surface area contributed by atoms with Gasteiger partial charge >= 0.3 is 0 Å². The van der Waals surface area contributed by atoms with Gasteiger partial charge in [-0.2, -0.15) is 0 Å². The molecule has 0 spiro atoms. The molecule has 1 saturated heterocycles. The zero-order valence-electron chi connectivity index (χ0n) is 17.6. The summed E-state index contributed by atoms with van der Waals surface area (Å²) in [6.45, 7) is 3.32. The van der Waals surface area contributed by atoms with Gasteiger partial charge in [-0.1, -0.05) is 30.3 Å². The fourth-order valence-electron chi connectivity index (χ4n) is 4.42. The summed E-state index contributed by atoms with van der Waals surface area (Å²) in [5.74, 6) is 0.730. The predicted octanol–water partition coefficient (Wildman–Crippen LogP) is 4.01. The number of piperidine rings is 1. The van der Waals surface area contributed by atoms with Gasteiger partial charge in [0.05, 0.1) is 18.2 Å². The van der Waals surface area contributed by atoms with E-state index in [1.54, 1.807) is 7.11 Å². The molecule has 1 aromatic heterocycles. The van der Waals surface area contributed by atoms with Gasteiger partial charge in [-0.25, -0.2) is 0 Å². The number of methoxy groups -OCH3 is 1. The minimum absolute atomic E-state index is 0.0185. The third-order valence-corrected chi connectivity index (χ3v) is 6.24. The zero-order valence-corrected chi connectivity index (χ0v) is 17.6. The molecular formula is C25H28N2O3. The molecule has 2 aromatic carbocycles. The highest BCUT2D eigenvalue weighted by Crippen LogP contribution is 2.36. The van der Waals surface area contributed by atoms with E-state index in [9.17, 15) is 9.90 Å². The van der Waals surface area contributed by atoms with Crippen LogP contribution >= 0.6 is 0 Å². The second-order valence-corrected chi connectivity index (χ2v) is 8.31. The topological polar surface area (TPSA) is 62.7 Å². The number of nitrogens with zero attached hydrogens (tertiary/aromatic N) is 2. The first-order chi connectivity index (χ1) is 14.5. The highest BCUT2D eigenvalue weighted by atomic mass is 16.5. The van der Waals surface area contributed by atoms with Gasteiger partial charge in [-0.05, 0) is 56.0 Å². The van der Waals surface area contributed by atoms with Crippen molar-refractivity contribution in [3.05, 3.63) is 71.4 Å². The molecule has 1 aliphatic rings. The molecule has 0 radical (unpaired) electrons. The van der Waals surface area contributed by atoms with Crippen LogP contribution < -0.4 is 4.74 Å². The maximum Gasteiger partial charge on any atom is 0.254 e. The van der Waals surface area contributed by atoms with Gasteiger partial charge in [0, 0.05) is 36.2 Å². The minimum atomic E-state index is -0.169. The van der Waals surface area contributed by atoms with Crippen molar-refractivity contribution >= 4 is 16.8 Å². The van der Waals surface area contributed by atoms with Gasteiger partial charge in [-0.15, -0.1) is 0 Å². The van der Waals surface area contributed by atoms with E-state index in [2.05, 4.69) is 17.1 Å². The van der Waals surface area contributed by atoms with Crippen LogP contribution in [0.5, 0.6) is 5.75 Å². The van der Waals surface area contributed by atoms with Crippen molar-refractivity contribution in [1.29, 1.82) is 0 Å². The van der Waals surface area contributed by atoms with Gasteiger partial charge in [0.2, 0.25) is 0 Å². The largest absolute Gasteiger partial charge is 0.497 e. The summed E-state index contributed by atoms with van der Waals surface area (Å²) in [7, 11) is 1.62. The highest BCUT2D eigenvalue weighted by Gasteiger charge is 2.36. The number of hydrogen-bond donors (Lipinski definition) is 1. The fourth-order valence-corrected chi connectivity index (χ4v) is 4.42. The summed E-state index contributed by atoms with van der Waals surface area (Å²) in [5.41, 5.74) is 3.34. The number of rotatable bonds is 5. The molecule has 1 aliphatic heterocycles. The monoisotopic (exact) mass is 404 g/mol. The van der Waals surface area contributed by atoms with E-state index in [0.29, 0.717) is 24.4 Å². The van der Waals surface area contributed by atoms with Crippen molar-refractivity contribution in [3.63, 3.8) is 0 Å². The number of aliphatic hydroxyl groups is 1. The molecule has 5 nitrogen and oxygen atoms in total. The Morgan fingerprint density at radius 3 is 2.53 bits per heavy atom. The third-order valence-electron chi connectivity index (χ3n) is 6.24. The van der Waals surface area contributed by atoms with Gasteiger partial charge in [0.25, 0.3) is 5.91 Å². The summed E-state index contributed by atoms with van der Waals surface area (Å²) < 4.78 is 5.35. The van der Waals surface area contributed by atoms with E-state index < -0.39 is 0 Å². The molecule has 2 heterocycles. The van der Waals surface area contributed by atoms with Gasteiger partial charge in [0.1, 0.15) is 5.75 Å². The molecule has 0 saturated carbocycles. The Labute approximate surface area is 177 Å². The lowest BCUT2D eigenvalue weighted by molar-refractivity contribution is 0.0359. The molecule has 1 amide bonds. The molecule has 0 atom stereocenters. The molecular weight excluding hydrogens is 376 g/mol. The van der Waals surface area contributed by atoms with Crippen molar-refractivity contribution in [2.45, 2.75) is 26.2 Å². The second kappa shape index (κ2) is 8.44. The van der Waals surface area contributed by atoms with Crippen molar-refractivity contribution in [2.24, 2.45) is 5.41 Å². The van der Waals surface area contributed by atoms with Crippen molar-refractivity contribution in [3.8, 4) is 5.75 Å². The molecule has 3 aromatic rings. The van der Waals surface area contributed by atoms with Crippen LogP contribution in [0.3, 0.4) is 0 Å². The minimum Gasteiger partial charge on any atom is -0.497 e. The summed E-state index contributed by atoms with van der Waals surface area (Å²) in [4.78, 5) is 19.9. The predicted molar refractivity (Wildman–Crippen MR) is 118 cm³/mol. The number of likely N-dealkylation sites (tertiary alicyclic amines) is 1. The SMILES string of the molecule is COc1ccc2nc(C)cc(C(=O)N3CCC(CO)(Cc4ccccc4)CC3)c2c1. The second-order valence-electron chi connectivity index (χ2n) is 8.31. The Balaban J connectivity index is 1.56. The van der Waals surface area contributed by atoms with Crippen LogP contribution in [-0.2, 0) is 6.42 Å². The molecule has 0 unspecified atom stereocenters. The number of ether oxygens (including phenoxy) is 1. The van der Waals surface area contributed by atoms with Crippen molar-refractivity contribution < 1.29 is 14.6 Å². The van der Waals surface area contributed by atoms with E-state index in [0.717, 1.165) is 35.9 Å². The lowest BCUT2D eigenvalue weighted by atomic mass is 9.74. The maximum absolute atomic E-state index is 13.4.